The van der Waals surface area contributed by atoms with E-state index in [4.69, 9.17) is 10.5 Å². The molecule has 5 nitrogen and oxygen atoms in total. The third-order valence-electron chi connectivity index (χ3n) is 2.74. The van der Waals surface area contributed by atoms with Crippen LogP contribution in [0, 0.1) is 5.92 Å². The van der Waals surface area contributed by atoms with E-state index in [-0.39, 0.29) is 11.7 Å². The van der Waals surface area contributed by atoms with Crippen molar-refractivity contribution >= 4 is 5.78 Å². The number of Topliss-reactive ketones (excluding diaryl/α,β-unsaturated/α-hetero) is 1. The van der Waals surface area contributed by atoms with Gasteiger partial charge in [-0.3, -0.25) is 9.48 Å². The number of aryl methyl sites for hydroxylation is 1. The first-order chi connectivity index (χ1) is 8.15. The monoisotopic (exact) mass is 239 g/mol. The standard InChI is InChI=1S/C12H21N3O2/c1-4-7-15-11(10(17-3)8-14-15)12(16)9(2)5-6-13/h8-9H,4-7,13H2,1-3H3. The molecule has 0 saturated heterocycles. The zero-order valence-corrected chi connectivity index (χ0v) is 10.8. The molecule has 0 saturated carbocycles. The van der Waals surface area contributed by atoms with Crippen LogP contribution in [0.2, 0.25) is 0 Å². The summed E-state index contributed by atoms with van der Waals surface area (Å²) >= 11 is 0. The van der Waals surface area contributed by atoms with Crippen molar-refractivity contribution in [1.82, 2.24) is 9.78 Å². The van der Waals surface area contributed by atoms with Crippen LogP contribution in [-0.4, -0.2) is 29.2 Å². The Bertz CT molecular complexity index is 374. The second-order valence-corrected chi connectivity index (χ2v) is 4.13. The number of nitrogens with zero attached hydrogens (tertiary/aromatic N) is 2. The zero-order chi connectivity index (χ0) is 12.8. The number of methoxy groups -OCH3 is 1. The Labute approximate surface area is 102 Å². The first kappa shape index (κ1) is 13.7. The largest absolute Gasteiger partial charge is 0.493 e. The lowest BCUT2D eigenvalue weighted by atomic mass is 10.00. The summed E-state index contributed by atoms with van der Waals surface area (Å²) in [5.41, 5.74) is 6.05. The van der Waals surface area contributed by atoms with Gasteiger partial charge in [-0.15, -0.1) is 0 Å². The smallest absolute Gasteiger partial charge is 0.187 e. The predicted molar refractivity (Wildman–Crippen MR) is 66.2 cm³/mol. The number of ketones is 1. The van der Waals surface area contributed by atoms with Gasteiger partial charge in [0.25, 0.3) is 0 Å². The SMILES string of the molecule is CCCn1ncc(OC)c1C(=O)C(C)CCN. The number of carbonyl (C=O) groups excluding carboxylic acids is 1. The highest BCUT2D eigenvalue weighted by molar-refractivity contribution is 5.98. The fraction of sp³-hybridized carbons (Fsp3) is 0.667. The molecule has 1 atom stereocenters. The Kier molecular flexibility index (Phi) is 5.15. The van der Waals surface area contributed by atoms with E-state index < -0.39 is 0 Å². The Morgan fingerprint density at radius 1 is 1.65 bits per heavy atom. The highest BCUT2D eigenvalue weighted by Crippen LogP contribution is 2.22. The van der Waals surface area contributed by atoms with Crippen LogP contribution in [0.15, 0.2) is 6.20 Å². The molecule has 96 valence electrons. The van der Waals surface area contributed by atoms with Gasteiger partial charge in [-0.25, -0.2) is 0 Å². The summed E-state index contributed by atoms with van der Waals surface area (Å²) in [6.45, 7) is 5.17. The van der Waals surface area contributed by atoms with Crippen molar-refractivity contribution in [2.24, 2.45) is 11.7 Å². The van der Waals surface area contributed by atoms with Crippen LogP contribution in [0.25, 0.3) is 0 Å². The van der Waals surface area contributed by atoms with Gasteiger partial charge in [0.1, 0.15) is 5.69 Å². The van der Waals surface area contributed by atoms with Gasteiger partial charge < -0.3 is 10.5 Å². The van der Waals surface area contributed by atoms with Gasteiger partial charge in [0, 0.05) is 12.5 Å². The van der Waals surface area contributed by atoms with Gasteiger partial charge in [0.05, 0.1) is 13.3 Å². The van der Waals surface area contributed by atoms with Gasteiger partial charge in [-0.1, -0.05) is 13.8 Å². The minimum absolute atomic E-state index is 0.0539. The molecule has 0 radical (unpaired) electrons. The summed E-state index contributed by atoms with van der Waals surface area (Å²) in [7, 11) is 1.55. The van der Waals surface area contributed by atoms with Crippen molar-refractivity contribution in [3.8, 4) is 5.75 Å². The molecule has 0 spiro atoms. The number of aromatic nitrogens is 2. The molecule has 0 fully saturated rings. The maximum absolute atomic E-state index is 12.3. The lowest BCUT2D eigenvalue weighted by Crippen LogP contribution is -2.20. The quantitative estimate of drug-likeness (QED) is 0.731. The summed E-state index contributed by atoms with van der Waals surface area (Å²) in [4.78, 5) is 12.3. The zero-order valence-electron chi connectivity index (χ0n) is 10.8. The normalized spacial score (nSPS) is 12.5. The lowest BCUT2D eigenvalue weighted by molar-refractivity contribution is 0.0911. The molecule has 1 unspecified atom stereocenters. The van der Waals surface area contributed by atoms with Crippen molar-refractivity contribution in [1.29, 1.82) is 0 Å². The van der Waals surface area contributed by atoms with E-state index in [1.165, 1.54) is 0 Å². The minimum Gasteiger partial charge on any atom is -0.493 e. The number of carbonyl (C=O) groups is 1. The fourth-order valence-corrected chi connectivity index (χ4v) is 1.76. The molecule has 0 amide bonds. The van der Waals surface area contributed by atoms with Crippen LogP contribution in [-0.2, 0) is 6.54 Å². The molecule has 0 aliphatic heterocycles. The summed E-state index contributed by atoms with van der Waals surface area (Å²) in [5.74, 6) is 0.506. The van der Waals surface area contributed by atoms with Gasteiger partial charge in [0.2, 0.25) is 0 Å². The summed E-state index contributed by atoms with van der Waals surface area (Å²) in [6.07, 6.45) is 3.20. The third kappa shape index (κ3) is 3.06. The predicted octanol–water partition coefficient (Wildman–Crippen LogP) is 1.47. The molecule has 0 aliphatic rings. The van der Waals surface area contributed by atoms with Gasteiger partial charge in [-0.05, 0) is 19.4 Å². The molecule has 17 heavy (non-hydrogen) atoms. The van der Waals surface area contributed by atoms with Crippen molar-refractivity contribution in [3.63, 3.8) is 0 Å². The molecule has 0 aliphatic carbocycles. The van der Waals surface area contributed by atoms with Crippen LogP contribution in [0.4, 0.5) is 0 Å². The first-order valence-corrected chi connectivity index (χ1v) is 5.99. The van der Waals surface area contributed by atoms with E-state index in [1.54, 1.807) is 18.0 Å². The van der Waals surface area contributed by atoms with E-state index in [1.807, 2.05) is 13.8 Å². The van der Waals surface area contributed by atoms with E-state index in [0.29, 0.717) is 24.4 Å². The molecule has 1 aromatic heterocycles. The summed E-state index contributed by atoms with van der Waals surface area (Å²) in [5, 5.41) is 4.18. The molecular weight excluding hydrogens is 218 g/mol. The number of rotatable bonds is 7. The second kappa shape index (κ2) is 6.39. The number of ether oxygens (including phenoxy) is 1. The average Bonchev–Trinajstić information content (AvgIpc) is 2.72. The number of nitrogens with two attached hydrogens (primary N) is 1. The lowest BCUT2D eigenvalue weighted by Gasteiger charge is -2.12. The van der Waals surface area contributed by atoms with Crippen LogP contribution in [0.3, 0.4) is 0 Å². The highest BCUT2D eigenvalue weighted by Gasteiger charge is 2.23. The molecule has 2 N–H and O–H groups in total. The van der Waals surface area contributed by atoms with Crippen molar-refractivity contribution in [2.75, 3.05) is 13.7 Å². The molecular formula is C12H21N3O2. The highest BCUT2D eigenvalue weighted by atomic mass is 16.5. The Morgan fingerprint density at radius 3 is 2.88 bits per heavy atom. The van der Waals surface area contributed by atoms with E-state index in [0.717, 1.165) is 13.0 Å². The van der Waals surface area contributed by atoms with Crippen LogP contribution >= 0.6 is 0 Å². The Morgan fingerprint density at radius 2 is 2.35 bits per heavy atom. The topological polar surface area (TPSA) is 70.1 Å². The number of hydrogen-bond acceptors (Lipinski definition) is 4. The molecule has 0 aromatic carbocycles. The number of hydrogen-bond donors (Lipinski definition) is 1. The molecule has 1 heterocycles. The summed E-state index contributed by atoms with van der Waals surface area (Å²) < 4.78 is 6.90. The van der Waals surface area contributed by atoms with Gasteiger partial charge in [0.15, 0.2) is 11.5 Å². The second-order valence-electron chi connectivity index (χ2n) is 4.13. The molecule has 5 heteroatoms. The maximum atomic E-state index is 12.3. The van der Waals surface area contributed by atoms with Crippen molar-refractivity contribution in [2.45, 2.75) is 33.2 Å². The van der Waals surface area contributed by atoms with Crippen molar-refractivity contribution < 1.29 is 9.53 Å². The summed E-state index contributed by atoms with van der Waals surface area (Å²) in [6, 6.07) is 0. The van der Waals surface area contributed by atoms with E-state index in [2.05, 4.69) is 5.10 Å². The third-order valence-corrected chi connectivity index (χ3v) is 2.74. The Balaban J connectivity index is 3.00. The minimum atomic E-state index is -0.0961. The van der Waals surface area contributed by atoms with E-state index >= 15 is 0 Å². The van der Waals surface area contributed by atoms with Crippen molar-refractivity contribution in [3.05, 3.63) is 11.9 Å². The van der Waals surface area contributed by atoms with Crippen LogP contribution in [0.5, 0.6) is 5.75 Å². The van der Waals surface area contributed by atoms with Gasteiger partial charge in [-0.2, -0.15) is 5.10 Å². The molecule has 1 aromatic rings. The van der Waals surface area contributed by atoms with Crippen LogP contribution in [0.1, 0.15) is 37.2 Å². The van der Waals surface area contributed by atoms with Gasteiger partial charge >= 0.3 is 0 Å². The van der Waals surface area contributed by atoms with Crippen LogP contribution < -0.4 is 10.5 Å². The molecule has 1 rings (SSSR count). The molecule has 0 bridgehead atoms. The Hall–Kier alpha value is -1.36. The first-order valence-electron chi connectivity index (χ1n) is 5.99. The van der Waals surface area contributed by atoms with E-state index in [9.17, 15) is 4.79 Å². The average molecular weight is 239 g/mol. The maximum Gasteiger partial charge on any atom is 0.187 e. The fourth-order valence-electron chi connectivity index (χ4n) is 1.76.